The highest BCUT2D eigenvalue weighted by atomic mass is 16.2. The van der Waals surface area contributed by atoms with Crippen molar-refractivity contribution in [1.82, 2.24) is 14.8 Å². The van der Waals surface area contributed by atoms with E-state index in [9.17, 15) is 9.59 Å². The van der Waals surface area contributed by atoms with Crippen molar-refractivity contribution in [2.75, 3.05) is 33.2 Å². The van der Waals surface area contributed by atoms with Gasteiger partial charge in [0, 0.05) is 30.4 Å². The fourth-order valence-electron chi connectivity index (χ4n) is 4.59. The van der Waals surface area contributed by atoms with Crippen LogP contribution in [-0.2, 0) is 4.79 Å². The van der Waals surface area contributed by atoms with Gasteiger partial charge in [0.2, 0.25) is 5.91 Å². The highest BCUT2D eigenvalue weighted by Crippen LogP contribution is 2.36. The van der Waals surface area contributed by atoms with E-state index in [4.69, 9.17) is 5.73 Å². The van der Waals surface area contributed by atoms with E-state index in [0.29, 0.717) is 24.6 Å². The Hall–Kier alpha value is -2.34. The van der Waals surface area contributed by atoms with Crippen LogP contribution in [0, 0.1) is 17.8 Å². The van der Waals surface area contributed by atoms with Gasteiger partial charge in [-0.15, -0.1) is 0 Å². The second-order valence-corrected chi connectivity index (χ2v) is 7.80. The van der Waals surface area contributed by atoms with Gasteiger partial charge in [-0.3, -0.25) is 9.59 Å². The van der Waals surface area contributed by atoms with Crippen LogP contribution in [0.15, 0.2) is 30.5 Å². The molecule has 3 N–H and O–H groups in total. The number of aromatic amines is 1. The highest BCUT2D eigenvalue weighted by molar-refractivity contribution is 5.98. The molecule has 3 heterocycles. The minimum atomic E-state index is -0.274. The molecule has 2 aromatic rings. The van der Waals surface area contributed by atoms with Crippen LogP contribution in [0.2, 0.25) is 0 Å². The molecule has 1 aromatic heterocycles. The molecule has 138 valence electrons. The van der Waals surface area contributed by atoms with Gasteiger partial charge in [0.25, 0.3) is 5.91 Å². The van der Waals surface area contributed by atoms with Gasteiger partial charge in [-0.05, 0) is 68.4 Å². The fourth-order valence-corrected chi connectivity index (χ4v) is 4.59. The molecule has 2 fully saturated rings. The van der Waals surface area contributed by atoms with E-state index < -0.39 is 0 Å². The number of nitrogens with two attached hydrogens (primary N) is 1. The summed E-state index contributed by atoms with van der Waals surface area (Å²) in [4.78, 5) is 32.3. The highest BCUT2D eigenvalue weighted by Gasteiger charge is 2.43. The predicted molar refractivity (Wildman–Crippen MR) is 101 cm³/mol. The predicted octanol–water partition coefficient (Wildman–Crippen LogP) is 1.68. The maximum atomic E-state index is 13.0. The number of amides is 2. The topological polar surface area (TPSA) is 82.4 Å². The molecule has 4 rings (SSSR count). The summed E-state index contributed by atoms with van der Waals surface area (Å²) < 4.78 is 0. The van der Waals surface area contributed by atoms with Crippen LogP contribution in [0.5, 0.6) is 0 Å². The Kier molecular flexibility index (Phi) is 4.44. The summed E-state index contributed by atoms with van der Waals surface area (Å²) in [5, 5.41) is 1.09. The third-order valence-electron chi connectivity index (χ3n) is 6.19. The number of piperidine rings is 1. The van der Waals surface area contributed by atoms with E-state index in [-0.39, 0.29) is 23.7 Å². The first-order valence-corrected chi connectivity index (χ1v) is 9.37. The van der Waals surface area contributed by atoms with Crippen molar-refractivity contribution in [2.24, 2.45) is 23.5 Å². The number of H-pyrrole nitrogens is 1. The second kappa shape index (κ2) is 6.76. The molecule has 0 saturated carbocycles. The number of nitrogens with zero attached hydrogens (tertiary/aromatic N) is 2. The number of nitrogens with one attached hydrogen (secondary N) is 1. The lowest BCUT2D eigenvalue weighted by Gasteiger charge is -2.34. The number of primary amides is 1. The number of likely N-dealkylation sites (tertiary alicyclic amines) is 2. The summed E-state index contributed by atoms with van der Waals surface area (Å²) in [6, 6.07) is 7.69. The number of carbonyl (C=O) groups is 2. The summed E-state index contributed by atoms with van der Waals surface area (Å²) in [5.41, 5.74) is 7.30. The third-order valence-corrected chi connectivity index (χ3v) is 6.19. The number of carbonyl (C=O) groups excluding carboxylic acids is 2. The van der Waals surface area contributed by atoms with E-state index in [1.54, 1.807) is 0 Å². The summed E-state index contributed by atoms with van der Waals surface area (Å²) >= 11 is 0. The molecule has 2 aliphatic heterocycles. The van der Waals surface area contributed by atoms with Gasteiger partial charge in [-0.1, -0.05) is 6.07 Å². The second-order valence-electron chi connectivity index (χ2n) is 7.80. The average Bonchev–Trinajstić information content (AvgIpc) is 3.28. The Morgan fingerprint density at radius 1 is 1.15 bits per heavy atom. The normalized spacial score (nSPS) is 25.0. The van der Waals surface area contributed by atoms with Crippen LogP contribution < -0.4 is 5.73 Å². The molecular formula is C20H26N4O2. The van der Waals surface area contributed by atoms with Crippen molar-refractivity contribution in [2.45, 2.75) is 12.8 Å². The van der Waals surface area contributed by atoms with Crippen LogP contribution in [0.25, 0.3) is 10.9 Å². The van der Waals surface area contributed by atoms with Gasteiger partial charge in [0.15, 0.2) is 0 Å². The van der Waals surface area contributed by atoms with Crippen LogP contribution in [0.3, 0.4) is 0 Å². The SMILES string of the molecule is CN1CCC([C@@H]2CN(C(=O)c3ccc4cc[nH]c4c3)C[C@H]2C(N)=O)CC1. The molecule has 2 saturated heterocycles. The largest absolute Gasteiger partial charge is 0.369 e. The molecule has 2 atom stereocenters. The summed E-state index contributed by atoms with van der Waals surface area (Å²) in [6.07, 6.45) is 4.01. The minimum Gasteiger partial charge on any atom is -0.369 e. The molecule has 6 heteroatoms. The van der Waals surface area contributed by atoms with E-state index in [0.717, 1.165) is 36.8 Å². The first-order valence-electron chi connectivity index (χ1n) is 9.37. The monoisotopic (exact) mass is 354 g/mol. The number of rotatable bonds is 3. The number of hydrogen-bond acceptors (Lipinski definition) is 3. The quantitative estimate of drug-likeness (QED) is 0.880. The number of benzene rings is 1. The first-order chi connectivity index (χ1) is 12.5. The Bertz CT molecular complexity index is 822. The Morgan fingerprint density at radius 2 is 1.92 bits per heavy atom. The van der Waals surface area contributed by atoms with Crippen molar-refractivity contribution >= 4 is 22.7 Å². The summed E-state index contributed by atoms with van der Waals surface area (Å²) in [6.45, 7) is 3.16. The van der Waals surface area contributed by atoms with Crippen LogP contribution >= 0.6 is 0 Å². The molecule has 0 aliphatic carbocycles. The zero-order chi connectivity index (χ0) is 18.3. The summed E-state index contributed by atoms with van der Waals surface area (Å²) in [5.74, 6) is 0.126. The van der Waals surface area contributed by atoms with Crippen molar-refractivity contribution in [3.63, 3.8) is 0 Å². The summed E-state index contributed by atoms with van der Waals surface area (Å²) in [7, 11) is 2.13. The zero-order valence-corrected chi connectivity index (χ0v) is 15.1. The van der Waals surface area contributed by atoms with Gasteiger partial charge >= 0.3 is 0 Å². The van der Waals surface area contributed by atoms with Gasteiger partial charge in [-0.25, -0.2) is 0 Å². The molecule has 0 radical (unpaired) electrons. The fraction of sp³-hybridized carbons (Fsp3) is 0.500. The van der Waals surface area contributed by atoms with E-state index in [2.05, 4.69) is 16.9 Å². The van der Waals surface area contributed by atoms with Crippen molar-refractivity contribution in [1.29, 1.82) is 0 Å². The number of fused-ring (bicyclic) bond motifs is 1. The zero-order valence-electron chi connectivity index (χ0n) is 15.1. The maximum absolute atomic E-state index is 13.0. The number of hydrogen-bond donors (Lipinski definition) is 2. The van der Waals surface area contributed by atoms with Crippen LogP contribution in [0.1, 0.15) is 23.2 Å². The lowest BCUT2D eigenvalue weighted by Crippen LogP contribution is -2.38. The van der Waals surface area contributed by atoms with Gasteiger partial charge in [-0.2, -0.15) is 0 Å². The molecule has 6 nitrogen and oxygen atoms in total. The average molecular weight is 354 g/mol. The van der Waals surface area contributed by atoms with Gasteiger partial charge < -0.3 is 20.5 Å². The molecule has 0 bridgehead atoms. The lowest BCUT2D eigenvalue weighted by atomic mass is 9.78. The van der Waals surface area contributed by atoms with E-state index in [1.165, 1.54) is 0 Å². The van der Waals surface area contributed by atoms with Gasteiger partial charge in [0.1, 0.15) is 0 Å². The Balaban J connectivity index is 1.53. The van der Waals surface area contributed by atoms with Crippen molar-refractivity contribution in [3.8, 4) is 0 Å². The van der Waals surface area contributed by atoms with Gasteiger partial charge in [0.05, 0.1) is 5.92 Å². The van der Waals surface area contributed by atoms with E-state index >= 15 is 0 Å². The third kappa shape index (κ3) is 3.09. The minimum absolute atomic E-state index is 0.0109. The molecule has 0 spiro atoms. The molecule has 1 aromatic carbocycles. The van der Waals surface area contributed by atoms with Crippen molar-refractivity contribution < 1.29 is 9.59 Å². The van der Waals surface area contributed by atoms with Crippen LogP contribution in [0.4, 0.5) is 0 Å². The molecule has 0 unspecified atom stereocenters. The first kappa shape index (κ1) is 17.1. The van der Waals surface area contributed by atoms with Crippen molar-refractivity contribution in [3.05, 3.63) is 36.0 Å². The Morgan fingerprint density at radius 3 is 2.65 bits per heavy atom. The molecular weight excluding hydrogens is 328 g/mol. The molecule has 26 heavy (non-hydrogen) atoms. The smallest absolute Gasteiger partial charge is 0.253 e. The van der Waals surface area contributed by atoms with Crippen LogP contribution in [-0.4, -0.2) is 59.8 Å². The number of aromatic nitrogens is 1. The maximum Gasteiger partial charge on any atom is 0.253 e. The van der Waals surface area contributed by atoms with E-state index in [1.807, 2.05) is 35.4 Å². The Labute approximate surface area is 153 Å². The molecule has 2 aliphatic rings. The lowest BCUT2D eigenvalue weighted by molar-refractivity contribution is -0.123. The molecule has 2 amide bonds. The standard InChI is InChI=1S/C20H26N4O2/c1-23-8-5-13(6-9-23)16-11-24(12-17(16)19(21)25)20(26)15-3-2-14-4-7-22-18(14)10-15/h2-4,7,10,13,16-17,22H,5-6,8-9,11-12H2,1H3,(H2,21,25)/t16-,17+/m0/s1.